The topological polar surface area (TPSA) is 74.8 Å². The first-order valence-electron chi connectivity index (χ1n) is 12.8. The van der Waals surface area contributed by atoms with E-state index in [2.05, 4.69) is 15.2 Å². The number of benzene rings is 2. The van der Waals surface area contributed by atoms with Crippen molar-refractivity contribution in [3.8, 4) is 0 Å². The maximum absolute atomic E-state index is 12.8. The first-order valence-corrected chi connectivity index (χ1v) is 12.8. The Balaban J connectivity index is 1.10. The molecule has 0 radical (unpaired) electrons. The molecule has 2 aromatic carbocycles. The molecule has 1 spiro atoms. The van der Waals surface area contributed by atoms with Gasteiger partial charge in [-0.3, -0.25) is 19.6 Å². The maximum atomic E-state index is 12.8. The highest BCUT2D eigenvalue weighted by Gasteiger charge is 2.46. The maximum Gasteiger partial charge on any atom is 0.416 e. The molecule has 204 valence electrons. The number of aromatic nitrogens is 1. The SMILES string of the molecule is O=C(NCc1cccnc1)c1ccc(CN2CC3(CCN(Cc4ccc(C(F)(F)F)cc4)CC3)OC2=O)cc1. The van der Waals surface area contributed by atoms with E-state index in [9.17, 15) is 22.8 Å². The predicted octanol–water partition coefficient (Wildman–Crippen LogP) is 5.02. The standard InChI is InChI=1S/C29H29F3N4O3/c30-29(31,32)25-9-5-21(6-10-25)18-35-14-11-28(12-15-35)20-36(27(38)39-28)19-22-3-7-24(8-4-22)26(37)34-17-23-2-1-13-33-16-23/h1-10,13,16H,11-12,14-15,17-20H2,(H,34,37). The molecule has 2 fully saturated rings. The zero-order valence-corrected chi connectivity index (χ0v) is 21.3. The molecule has 0 bridgehead atoms. The second-order valence-corrected chi connectivity index (χ2v) is 10.1. The lowest BCUT2D eigenvalue weighted by Gasteiger charge is -2.37. The summed E-state index contributed by atoms with van der Waals surface area (Å²) in [5, 5.41) is 2.87. The minimum Gasteiger partial charge on any atom is -0.441 e. The third-order valence-corrected chi connectivity index (χ3v) is 7.26. The van der Waals surface area contributed by atoms with Gasteiger partial charge < -0.3 is 10.1 Å². The van der Waals surface area contributed by atoms with Gasteiger partial charge in [0.25, 0.3) is 5.91 Å². The average Bonchev–Trinajstić information content (AvgIpc) is 3.23. The number of carbonyl (C=O) groups excluding carboxylic acids is 2. The van der Waals surface area contributed by atoms with Crippen LogP contribution in [0, 0.1) is 0 Å². The molecule has 3 heterocycles. The van der Waals surface area contributed by atoms with Crippen molar-refractivity contribution in [1.82, 2.24) is 20.1 Å². The fourth-order valence-electron chi connectivity index (χ4n) is 5.02. The molecule has 0 unspecified atom stereocenters. The van der Waals surface area contributed by atoms with Crippen molar-refractivity contribution in [3.05, 3.63) is 101 Å². The van der Waals surface area contributed by atoms with Crippen molar-refractivity contribution in [2.24, 2.45) is 0 Å². The average molecular weight is 539 g/mol. The van der Waals surface area contributed by atoms with E-state index < -0.39 is 17.3 Å². The van der Waals surface area contributed by atoms with Crippen molar-refractivity contribution >= 4 is 12.0 Å². The monoisotopic (exact) mass is 538 g/mol. The van der Waals surface area contributed by atoms with Gasteiger partial charge in [-0.1, -0.05) is 30.3 Å². The zero-order chi connectivity index (χ0) is 27.5. The van der Waals surface area contributed by atoms with E-state index in [-0.39, 0.29) is 12.0 Å². The summed E-state index contributed by atoms with van der Waals surface area (Å²) in [5.41, 5.74) is 1.95. The van der Waals surface area contributed by atoms with Crippen LogP contribution in [0.2, 0.25) is 0 Å². The van der Waals surface area contributed by atoms with E-state index in [0.29, 0.717) is 57.7 Å². The van der Waals surface area contributed by atoms with E-state index in [1.807, 2.05) is 24.3 Å². The number of amides is 2. The largest absolute Gasteiger partial charge is 0.441 e. The van der Waals surface area contributed by atoms with Crippen LogP contribution in [0.5, 0.6) is 0 Å². The van der Waals surface area contributed by atoms with Crippen molar-refractivity contribution in [1.29, 1.82) is 0 Å². The van der Waals surface area contributed by atoms with E-state index in [0.717, 1.165) is 28.8 Å². The van der Waals surface area contributed by atoms with Crippen LogP contribution in [0.1, 0.15) is 45.5 Å². The molecule has 2 aliphatic heterocycles. The second kappa shape index (κ2) is 11.1. The van der Waals surface area contributed by atoms with Crippen LogP contribution >= 0.6 is 0 Å². The molecule has 0 aliphatic carbocycles. The van der Waals surface area contributed by atoms with Gasteiger partial charge in [-0.15, -0.1) is 0 Å². The third-order valence-electron chi connectivity index (χ3n) is 7.26. The molecule has 3 aromatic rings. The van der Waals surface area contributed by atoms with Crippen LogP contribution in [0.15, 0.2) is 73.1 Å². The Morgan fingerprint density at radius 3 is 2.26 bits per heavy atom. The third kappa shape index (κ3) is 6.57. The summed E-state index contributed by atoms with van der Waals surface area (Å²) >= 11 is 0. The lowest BCUT2D eigenvalue weighted by Crippen LogP contribution is -2.46. The summed E-state index contributed by atoms with van der Waals surface area (Å²) in [7, 11) is 0. The minimum absolute atomic E-state index is 0.187. The molecule has 39 heavy (non-hydrogen) atoms. The van der Waals surface area contributed by atoms with E-state index >= 15 is 0 Å². The summed E-state index contributed by atoms with van der Waals surface area (Å²) in [4.78, 5) is 33.0. The van der Waals surface area contributed by atoms with Crippen LogP contribution < -0.4 is 5.32 Å². The lowest BCUT2D eigenvalue weighted by atomic mass is 9.91. The molecule has 0 atom stereocenters. The Hall–Kier alpha value is -3.92. The van der Waals surface area contributed by atoms with Crippen LogP contribution in [-0.2, 0) is 30.5 Å². The summed E-state index contributed by atoms with van der Waals surface area (Å²) in [6.07, 6.45) is -0.000108. The second-order valence-electron chi connectivity index (χ2n) is 10.1. The van der Waals surface area contributed by atoms with Gasteiger partial charge in [0.1, 0.15) is 5.60 Å². The summed E-state index contributed by atoms with van der Waals surface area (Å²) < 4.78 is 44.2. The number of pyridine rings is 1. The molecule has 1 N–H and O–H groups in total. The number of ether oxygens (including phenoxy) is 1. The Bertz CT molecular complexity index is 1290. The number of halogens is 3. The van der Waals surface area contributed by atoms with Crippen molar-refractivity contribution in [3.63, 3.8) is 0 Å². The van der Waals surface area contributed by atoms with Crippen molar-refractivity contribution < 1.29 is 27.5 Å². The number of hydrogen-bond donors (Lipinski definition) is 1. The van der Waals surface area contributed by atoms with Gasteiger partial charge in [0.05, 0.1) is 12.1 Å². The lowest BCUT2D eigenvalue weighted by molar-refractivity contribution is -0.137. The summed E-state index contributed by atoms with van der Waals surface area (Å²) in [6, 6.07) is 16.1. The van der Waals surface area contributed by atoms with Gasteiger partial charge >= 0.3 is 12.3 Å². The first kappa shape index (κ1) is 26.7. The van der Waals surface area contributed by atoms with Gasteiger partial charge in [-0.2, -0.15) is 13.2 Å². The molecule has 10 heteroatoms. The van der Waals surface area contributed by atoms with Crippen molar-refractivity contribution in [2.75, 3.05) is 19.6 Å². The molecular weight excluding hydrogens is 509 g/mol. The van der Waals surface area contributed by atoms with Crippen molar-refractivity contribution in [2.45, 2.75) is 44.3 Å². The quantitative estimate of drug-likeness (QED) is 0.458. The Kier molecular flexibility index (Phi) is 7.56. The summed E-state index contributed by atoms with van der Waals surface area (Å²) in [6.45, 7) is 3.17. The smallest absolute Gasteiger partial charge is 0.416 e. The molecular formula is C29H29F3N4O3. The molecule has 2 amide bonds. The number of nitrogens with zero attached hydrogens (tertiary/aromatic N) is 3. The fraction of sp³-hybridized carbons (Fsp3) is 0.345. The number of hydrogen-bond acceptors (Lipinski definition) is 5. The van der Waals surface area contributed by atoms with Crippen LogP contribution in [-0.4, -0.2) is 52.0 Å². The van der Waals surface area contributed by atoms with Gasteiger partial charge in [-0.05, 0) is 47.0 Å². The Morgan fingerprint density at radius 2 is 1.62 bits per heavy atom. The number of rotatable bonds is 7. The number of nitrogens with one attached hydrogen (secondary N) is 1. The number of alkyl halides is 3. The fourth-order valence-corrected chi connectivity index (χ4v) is 5.02. The zero-order valence-electron chi connectivity index (χ0n) is 21.3. The number of likely N-dealkylation sites (tertiary alicyclic amines) is 1. The highest BCUT2D eigenvalue weighted by Crippen LogP contribution is 2.35. The Labute approximate surface area is 224 Å². The number of carbonyl (C=O) groups is 2. The molecule has 7 nitrogen and oxygen atoms in total. The van der Waals surface area contributed by atoms with Gasteiger partial charge in [0, 0.05) is 63.5 Å². The van der Waals surface area contributed by atoms with Crippen LogP contribution in [0.25, 0.3) is 0 Å². The van der Waals surface area contributed by atoms with Gasteiger partial charge in [-0.25, -0.2) is 4.79 Å². The molecule has 5 rings (SSSR count). The molecule has 2 saturated heterocycles. The molecule has 0 saturated carbocycles. The van der Waals surface area contributed by atoms with Gasteiger partial charge in [0.2, 0.25) is 0 Å². The Morgan fingerprint density at radius 1 is 0.949 bits per heavy atom. The summed E-state index contributed by atoms with van der Waals surface area (Å²) in [5.74, 6) is -0.187. The first-order chi connectivity index (χ1) is 18.7. The highest BCUT2D eigenvalue weighted by molar-refractivity contribution is 5.94. The normalized spacial score (nSPS) is 17.3. The van der Waals surface area contributed by atoms with E-state index in [4.69, 9.17) is 4.74 Å². The van der Waals surface area contributed by atoms with E-state index in [1.165, 1.54) is 12.1 Å². The number of piperidine rings is 1. The van der Waals surface area contributed by atoms with Crippen LogP contribution in [0.4, 0.5) is 18.0 Å². The highest BCUT2D eigenvalue weighted by atomic mass is 19.4. The van der Waals surface area contributed by atoms with Crippen LogP contribution in [0.3, 0.4) is 0 Å². The van der Waals surface area contributed by atoms with E-state index in [1.54, 1.807) is 29.4 Å². The molecule has 2 aliphatic rings. The van der Waals surface area contributed by atoms with Gasteiger partial charge in [0.15, 0.2) is 0 Å². The minimum atomic E-state index is -4.34. The predicted molar refractivity (Wildman–Crippen MR) is 137 cm³/mol. The molecule has 1 aromatic heterocycles.